The summed E-state index contributed by atoms with van der Waals surface area (Å²) in [7, 11) is 3.33. The zero-order chi connectivity index (χ0) is 19.3. The van der Waals surface area contributed by atoms with Crippen LogP contribution in [0.4, 0.5) is 17.1 Å². The van der Waals surface area contributed by atoms with Crippen molar-refractivity contribution in [3.05, 3.63) is 63.7 Å². The lowest BCUT2D eigenvalue weighted by Crippen LogP contribution is -2.23. The molecular formula is C18H20N4O4. The number of rotatable bonds is 6. The lowest BCUT2D eigenvalue weighted by Gasteiger charge is -2.12. The molecule has 0 atom stereocenters. The molecule has 0 fully saturated rings. The molecule has 2 rings (SSSR count). The van der Waals surface area contributed by atoms with Crippen LogP contribution < -0.4 is 10.6 Å². The van der Waals surface area contributed by atoms with Crippen molar-refractivity contribution >= 4 is 28.9 Å². The Hall–Kier alpha value is -3.42. The average Bonchev–Trinajstić information content (AvgIpc) is 2.60. The first-order valence-corrected chi connectivity index (χ1v) is 7.89. The van der Waals surface area contributed by atoms with Crippen molar-refractivity contribution in [1.82, 2.24) is 4.90 Å². The third-order valence-corrected chi connectivity index (χ3v) is 3.76. The number of nitrogens with one attached hydrogen (secondary N) is 2. The summed E-state index contributed by atoms with van der Waals surface area (Å²) in [5.41, 5.74) is 2.08. The minimum absolute atomic E-state index is 0.00319. The van der Waals surface area contributed by atoms with E-state index in [0.717, 1.165) is 0 Å². The summed E-state index contributed by atoms with van der Waals surface area (Å²) >= 11 is 0. The number of hydrogen-bond acceptors (Lipinski definition) is 5. The van der Waals surface area contributed by atoms with E-state index in [1.54, 1.807) is 57.4 Å². The first kappa shape index (κ1) is 18.9. The second-order valence-corrected chi connectivity index (χ2v) is 5.89. The largest absolute Gasteiger partial charge is 0.376 e. The van der Waals surface area contributed by atoms with E-state index in [9.17, 15) is 19.7 Å². The van der Waals surface area contributed by atoms with Crippen LogP contribution in [0.1, 0.15) is 15.9 Å². The number of nitro groups is 1. The predicted molar refractivity (Wildman–Crippen MR) is 99.4 cm³/mol. The van der Waals surface area contributed by atoms with E-state index in [4.69, 9.17) is 0 Å². The molecule has 0 saturated heterocycles. The van der Waals surface area contributed by atoms with E-state index in [2.05, 4.69) is 10.6 Å². The predicted octanol–water partition coefficient (Wildman–Crippen LogP) is 2.66. The molecule has 0 aliphatic rings. The van der Waals surface area contributed by atoms with Gasteiger partial charge in [-0.2, -0.15) is 0 Å². The van der Waals surface area contributed by atoms with E-state index in [1.165, 1.54) is 11.0 Å². The molecule has 8 nitrogen and oxygen atoms in total. The zero-order valence-corrected chi connectivity index (χ0v) is 14.8. The van der Waals surface area contributed by atoms with Crippen LogP contribution >= 0.6 is 0 Å². The van der Waals surface area contributed by atoms with E-state index in [1.807, 2.05) is 0 Å². The number of amides is 2. The molecular weight excluding hydrogens is 336 g/mol. The van der Waals surface area contributed by atoms with Crippen molar-refractivity contribution in [2.45, 2.75) is 6.92 Å². The highest BCUT2D eigenvalue weighted by molar-refractivity contribution is 5.96. The molecule has 0 aromatic heterocycles. The van der Waals surface area contributed by atoms with Gasteiger partial charge in [-0.25, -0.2) is 0 Å². The van der Waals surface area contributed by atoms with Gasteiger partial charge < -0.3 is 15.5 Å². The fourth-order valence-corrected chi connectivity index (χ4v) is 2.35. The van der Waals surface area contributed by atoms with Gasteiger partial charge in [-0.1, -0.05) is 6.07 Å². The molecule has 0 bridgehead atoms. The summed E-state index contributed by atoms with van der Waals surface area (Å²) < 4.78 is 0. The fourth-order valence-electron chi connectivity index (χ4n) is 2.35. The van der Waals surface area contributed by atoms with Gasteiger partial charge in [-0.05, 0) is 37.3 Å². The highest BCUT2D eigenvalue weighted by atomic mass is 16.6. The summed E-state index contributed by atoms with van der Waals surface area (Å²) in [6, 6.07) is 11.2. The van der Waals surface area contributed by atoms with Crippen LogP contribution in [0.5, 0.6) is 0 Å². The fraction of sp³-hybridized carbons (Fsp3) is 0.222. The Morgan fingerprint density at radius 2 is 1.77 bits per heavy atom. The summed E-state index contributed by atoms with van der Waals surface area (Å²) in [6.07, 6.45) is 0. The first-order chi connectivity index (χ1) is 12.3. The standard InChI is InChI=1S/C18H20N4O4/c1-12-15(5-4-6-16(12)22(25)26)19-11-17(23)20-14-9-7-13(8-10-14)18(24)21(2)3/h4-10,19H,11H2,1-3H3,(H,20,23). The Labute approximate surface area is 151 Å². The van der Waals surface area contributed by atoms with E-state index >= 15 is 0 Å². The molecule has 2 amide bonds. The number of nitrogens with zero attached hydrogens (tertiary/aromatic N) is 2. The van der Waals surface area contributed by atoms with Gasteiger partial charge in [0.05, 0.1) is 11.5 Å². The first-order valence-electron chi connectivity index (χ1n) is 7.89. The van der Waals surface area contributed by atoms with Crippen molar-refractivity contribution in [3.8, 4) is 0 Å². The number of benzene rings is 2. The van der Waals surface area contributed by atoms with Crippen LogP contribution in [0, 0.1) is 17.0 Å². The Morgan fingerprint density at radius 3 is 2.35 bits per heavy atom. The molecule has 2 aromatic rings. The Kier molecular flexibility index (Phi) is 5.90. The maximum absolute atomic E-state index is 12.1. The SMILES string of the molecule is Cc1c(NCC(=O)Nc2ccc(C(=O)N(C)C)cc2)cccc1[N+](=O)[O-]. The quantitative estimate of drug-likeness (QED) is 0.611. The smallest absolute Gasteiger partial charge is 0.274 e. The lowest BCUT2D eigenvalue weighted by atomic mass is 10.1. The maximum atomic E-state index is 12.1. The van der Waals surface area contributed by atoms with Gasteiger partial charge in [0, 0.05) is 42.7 Å². The molecule has 0 spiro atoms. The molecule has 0 unspecified atom stereocenters. The van der Waals surface area contributed by atoms with Gasteiger partial charge >= 0.3 is 0 Å². The summed E-state index contributed by atoms with van der Waals surface area (Å²) in [5, 5.41) is 16.5. The molecule has 0 aliphatic heterocycles. The number of carbonyl (C=O) groups is 2. The van der Waals surface area contributed by atoms with Crippen LogP contribution in [-0.4, -0.2) is 42.3 Å². The third-order valence-electron chi connectivity index (χ3n) is 3.76. The van der Waals surface area contributed by atoms with E-state index in [0.29, 0.717) is 22.5 Å². The van der Waals surface area contributed by atoms with Gasteiger partial charge in [-0.15, -0.1) is 0 Å². The minimum atomic E-state index is -0.461. The summed E-state index contributed by atoms with van der Waals surface area (Å²) in [5.74, 6) is -0.423. The Bertz CT molecular complexity index is 832. The van der Waals surface area contributed by atoms with E-state index < -0.39 is 4.92 Å². The second-order valence-electron chi connectivity index (χ2n) is 5.89. The average molecular weight is 356 g/mol. The number of anilines is 2. The van der Waals surface area contributed by atoms with Gasteiger partial charge in [0.2, 0.25) is 5.91 Å². The molecule has 2 N–H and O–H groups in total. The monoisotopic (exact) mass is 356 g/mol. The van der Waals surface area contributed by atoms with Crippen molar-refractivity contribution in [3.63, 3.8) is 0 Å². The Balaban J connectivity index is 1.96. The van der Waals surface area contributed by atoms with Gasteiger partial charge in [-0.3, -0.25) is 19.7 Å². The normalized spacial score (nSPS) is 10.1. The minimum Gasteiger partial charge on any atom is -0.376 e. The van der Waals surface area contributed by atoms with Crippen LogP contribution in [0.3, 0.4) is 0 Å². The number of nitro benzene ring substituents is 1. The van der Waals surface area contributed by atoms with Crippen LogP contribution in [-0.2, 0) is 4.79 Å². The van der Waals surface area contributed by atoms with Crippen molar-refractivity contribution in [2.24, 2.45) is 0 Å². The highest BCUT2D eigenvalue weighted by Crippen LogP contribution is 2.24. The second kappa shape index (κ2) is 8.11. The molecule has 2 aromatic carbocycles. The lowest BCUT2D eigenvalue weighted by molar-refractivity contribution is -0.385. The molecule has 0 radical (unpaired) electrons. The molecule has 26 heavy (non-hydrogen) atoms. The molecule has 0 saturated carbocycles. The molecule has 0 heterocycles. The van der Waals surface area contributed by atoms with Crippen molar-refractivity contribution in [2.75, 3.05) is 31.3 Å². The third kappa shape index (κ3) is 4.56. The van der Waals surface area contributed by atoms with Crippen molar-refractivity contribution in [1.29, 1.82) is 0 Å². The zero-order valence-electron chi connectivity index (χ0n) is 14.8. The summed E-state index contributed by atoms with van der Waals surface area (Å²) in [6.45, 7) is 1.58. The molecule has 0 aliphatic carbocycles. The molecule has 136 valence electrons. The van der Waals surface area contributed by atoms with E-state index in [-0.39, 0.29) is 24.0 Å². The van der Waals surface area contributed by atoms with Crippen LogP contribution in [0.2, 0.25) is 0 Å². The summed E-state index contributed by atoms with van der Waals surface area (Å²) in [4.78, 5) is 35.8. The maximum Gasteiger partial charge on any atom is 0.274 e. The van der Waals surface area contributed by atoms with Gasteiger partial charge in [0.25, 0.3) is 11.6 Å². The van der Waals surface area contributed by atoms with Crippen LogP contribution in [0.25, 0.3) is 0 Å². The number of carbonyl (C=O) groups excluding carboxylic acids is 2. The molecule has 8 heteroatoms. The van der Waals surface area contributed by atoms with Crippen molar-refractivity contribution < 1.29 is 14.5 Å². The van der Waals surface area contributed by atoms with Gasteiger partial charge in [0.15, 0.2) is 0 Å². The number of hydrogen-bond donors (Lipinski definition) is 2. The topological polar surface area (TPSA) is 105 Å². The van der Waals surface area contributed by atoms with Gasteiger partial charge in [0.1, 0.15) is 0 Å². The Morgan fingerprint density at radius 1 is 1.12 bits per heavy atom. The van der Waals surface area contributed by atoms with Crippen LogP contribution in [0.15, 0.2) is 42.5 Å². The highest BCUT2D eigenvalue weighted by Gasteiger charge is 2.14.